The third-order valence-corrected chi connectivity index (χ3v) is 6.92. The number of pyridine rings is 3. The van der Waals surface area contributed by atoms with Gasteiger partial charge in [-0.3, -0.25) is 14.8 Å². The molecule has 5 aromatic rings. The fourth-order valence-corrected chi connectivity index (χ4v) is 4.96. The summed E-state index contributed by atoms with van der Waals surface area (Å²) in [6.07, 6.45) is 7.03. The van der Waals surface area contributed by atoms with Gasteiger partial charge < -0.3 is 19.5 Å². The Labute approximate surface area is 242 Å². The Hall–Kier alpha value is -4.90. The molecule has 1 fully saturated rings. The van der Waals surface area contributed by atoms with Gasteiger partial charge in [-0.15, -0.1) is 5.06 Å². The van der Waals surface area contributed by atoms with Crippen LogP contribution in [0, 0.1) is 0 Å². The van der Waals surface area contributed by atoms with E-state index in [0.29, 0.717) is 42.1 Å². The monoisotopic (exact) mass is 565 g/mol. The van der Waals surface area contributed by atoms with Crippen molar-refractivity contribution in [2.24, 2.45) is 0 Å². The molecule has 0 amide bonds. The maximum absolute atomic E-state index is 13.5. The summed E-state index contributed by atoms with van der Waals surface area (Å²) in [5, 5.41) is 3.64. The standard InChI is InChI=1S/C31H31N7O4/c1-31(2,3)41-30(40)42-38-12-6-11-37(13-14-38)22-16-26-28(34-18-22)36-29(35-26)27(39)20-9-10-33-25(15-20)24-19-32-17-21-7-4-5-8-23(21)24/h4-5,7-10,15-19H,6,11-14H2,1-3H3,(H,34,35,36). The summed E-state index contributed by atoms with van der Waals surface area (Å²) in [7, 11) is 0. The van der Waals surface area contributed by atoms with E-state index in [-0.39, 0.29) is 11.6 Å². The summed E-state index contributed by atoms with van der Waals surface area (Å²) in [6, 6.07) is 13.3. The van der Waals surface area contributed by atoms with Gasteiger partial charge in [0.15, 0.2) is 11.5 Å². The van der Waals surface area contributed by atoms with Gasteiger partial charge in [0.25, 0.3) is 0 Å². The normalized spacial score (nSPS) is 14.6. The molecule has 11 heteroatoms. The first-order chi connectivity index (χ1) is 20.2. The lowest BCUT2D eigenvalue weighted by molar-refractivity contribution is -0.139. The number of nitrogens with zero attached hydrogens (tertiary/aromatic N) is 6. The number of aromatic nitrogens is 5. The lowest BCUT2D eigenvalue weighted by atomic mass is 10.0. The van der Waals surface area contributed by atoms with Crippen LogP contribution < -0.4 is 4.90 Å². The first-order valence-corrected chi connectivity index (χ1v) is 13.8. The lowest BCUT2D eigenvalue weighted by Gasteiger charge is -2.24. The second-order valence-corrected chi connectivity index (χ2v) is 11.1. The Morgan fingerprint density at radius 1 is 0.952 bits per heavy atom. The maximum atomic E-state index is 13.5. The third kappa shape index (κ3) is 5.91. The second-order valence-electron chi connectivity index (χ2n) is 11.1. The highest BCUT2D eigenvalue weighted by Gasteiger charge is 2.24. The van der Waals surface area contributed by atoms with Crippen LogP contribution in [0.1, 0.15) is 43.4 Å². The average Bonchev–Trinajstić information content (AvgIpc) is 3.27. The largest absolute Gasteiger partial charge is 0.528 e. The van der Waals surface area contributed by atoms with Crippen molar-refractivity contribution in [1.29, 1.82) is 0 Å². The Morgan fingerprint density at radius 2 is 1.81 bits per heavy atom. The van der Waals surface area contributed by atoms with Gasteiger partial charge in [-0.1, -0.05) is 24.3 Å². The predicted molar refractivity (Wildman–Crippen MR) is 158 cm³/mol. The van der Waals surface area contributed by atoms with Gasteiger partial charge in [0.2, 0.25) is 5.78 Å². The van der Waals surface area contributed by atoms with E-state index in [1.807, 2.05) is 36.5 Å². The third-order valence-electron chi connectivity index (χ3n) is 6.92. The van der Waals surface area contributed by atoms with E-state index >= 15 is 0 Å². The summed E-state index contributed by atoms with van der Waals surface area (Å²) in [6.45, 7) is 7.87. The number of ketones is 1. The minimum atomic E-state index is -0.706. The number of hydroxylamine groups is 2. The molecule has 0 aliphatic carbocycles. The molecular formula is C31H31N7O4. The van der Waals surface area contributed by atoms with Crippen molar-refractivity contribution in [1.82, 2.24) is 30.0 Å². The molecule has 0 unspecified atom stereocenters. The number of fused-ring (bicyclic) bond motifs is 2. The molecule has 6 rings (SSSR count). The van der Waals surface area contributed by atoms with Crippen molar-refractivity contribution >= 4 is 39.6 Å². The molecule has 0 saturated carbocycles. The zero-order valence-electron chi connectivity index (χ0n) is 23.7. The summed E-state index contributed by atoms with van der Waals surface area (Å²) in [5.41, 5.74) is 3.35. The molecule has 0 radical (unpaired) electrons. The van der Waals surface area contributed by atoms with Crippen LogP contribution in [-0.4, -0.2) is 73.7 Å². The highest BCUT2D eigenvalue weighted by Crippen LogP contribution is 2.27. The van der Waals surface area contributed by atoms with Gasteiger partial charge in [-0.05, 0) is 50.8 Å². The van der Waals surface area contributed by atoms with Gasteiger partial charge in [0.05, 0.1) is 24.1 Å². The van der Waals surface area contributed by atoms with Crippen molar-refractivity contribution in [2.45, 2.75) is 32.8 Å². The summed E-state index contributed by atoms with van der Waals surface area (Å²) in [4.78, 5) is 54.2. The minimum Gasteiger partial charge on any atom is -0.427 e. The van der Waals surface area contributed by atoms with Gasteiger partial charge in [-0.25, -0.2) is 14.8 Å². The summed E-state index contributed by atoms with van der Waals surface area (Å²) >= 11 is 0. The number of carbonyl (C=O) groups excluding carboxylic acids is 2. The van der Waals surface area contributed by atoms with Gasteiger partial charge >= 0.3 is 6.16 Å². The molecule has 11 nitrogen and oxygen atoms in total. The smallest absolute Gasteiger partial charge is 0.427 e. The van der Waals surface area contributed by atoms with E-state index in [1.165, 1.54) is 0 Å². The highest BCUT2D eigenvalue weighted by atomic mass is 16.8. The number of H-pyrrole nitrogens is 1. The van der Waals surface area contributed by atoms with Crippen LogP contribution >= 0.6 is 0 Å². The van der Waals surface area contributed by atoms with E-state index in [0.717, 1.165) is 35.0 Å². The van der Waals surface area contributed by atoms with Crippen molar-refractivity contribution in [3.63, 3.8) is 0 Å². The molecule has 1 aliphatic rings. The molecule has 1 aliphatic heterocycles. The molecule has 1 saturated heterocycles. The minimum absolute atomic E-state index is 0.204. The average molecular weight is 566 g/mol. The van der Waals surface area contributed by atoms with E-state index in [9.17, 15) is 9.59 Å². The van der Waals surface area contributed by atoms with Crippen molar-refractivity contribution < 1.29 is 19.2 Å². The number of rotatable bonds is 5. The highest BCUT2D eigenvalue weighted by molar-refractivity contribution is 6.08. The Balaban J connectivity index is 1.18. The fourth-order valence-electron chi connectivity index (χ4n) is 4.96. The second kappa shape index (κ2) is 11.2. The lowest BCUT2D eigenvalue weighted by Crippen LogP contribution is -2.35. The predicted octanol–water partition coefficient (Wildman–Crippen LogP) is 5.18. The molecule has 0 bridgehead atoms. The van der Waals surface area contributed by atoms with Crippen LogP contribution in [0.4, 0.5) is 10.5 Å². The van der Waals surface area contributed by atoms with Crippen molar-refractivity contribution in [2.75, 3.05) is 31.1 Å². The topological polar surface area (TPSA) is 126 Å². The molecule has 214 valence electrons. The molecule has 42 heavy (non-hydrogen) atoms. The zero-order chi connectivity index (χ0) is 29.3. The molecule has 0 atom stereocenters. The number of nitrogens with one attached hydrogen (secondary N) is 1. The zero-order valence-corrected chi connectivity index (χ0v) is 23.7. The Kier molecular flexibility index (Phi) is 7.26. The van der Waals surface area contributed by atoms with Gasteiger partial charge in [0.1, 0.15) is 11.1 Å². The number of aromatic amines is 1. The molecular weight excluding hydrogens is 534 g/mol. The number of benzene rings is 1. The van der Waals surface area contributed by atoms with Crippen LogP contribution in [-0.2, 0) is 9.57 Å². The number of hydrogen-bond acceptors (Lipinski definition) is 10. The maximum Gasteiger partial charge on any atom is 0.528 e. The molecule has 1 N–H and O–H groups in total. The van der Waals surface area contributed by atoms with Gasteiger partial charge in [0, 0.05) is 54.7 Å². The first kappa shape index (κ1) is 27.3. The molecule has 5 heterocycles. The van der Waals surface area contributed by atoms with Crippen molar-refractivity contribution in [3.05, 3.63) is 78.6 Å². The number of hydrogen-bond donors (Lipinski definition) is 1. The Morgan fingerprint density at radius 3 is 2.67 bits per heavy atom. The quantitative estimate of drug-likeness (QED) is 0.225. The summed E-state index contributed by atoms with van der Waals surface area (Å²) in [5.74, 6) is -0.0493. The van der Waals surface area contributed by atoms with Crippen LogP contribution in [0.15, 0.2) is 67.3 Å². The molecule has 1 aromatic carbocycles. The Bertz CT molecular complexity index is 1770. The number of ether oxygens (including phenoxy) is 1. The molecule has 0 spiro atoms. The number of carbonyl (C=O) groups is 2. The number of imidazole rings is 1. The van der Waals surface area contributed by atoms with Crippen LogP contribution in [0.2, 0.25) is 0 Å². The van der Waals surface area contributed by atoms with Crippen LogP contribution in [0.5, 0.6) is 0 Å². The van der Waals surface area contributed by atoms with E-state index in [1.54, 1.807) is 56.6 Å². The van der Waals surface area contributed by atoms with E-state index in [4.69, 9.17) is 9.57 Å². The fraction of sp³-hybridized carbons (Fsp3) is 0.290. The molecule has 4 aromatic heterocycles. The number of anilines is 1. The first-order valence-electron chi connectivity index (χ1n) is 13.8. The van der Waals surface area contributed by atoms with E-state index < -0.39 is 11.8 Å². The summed E-state index contributed by atoms with van der Waals surface area (Å²) < 4.78 is 5.27. The van der Waals surface area contributed by atoms with Crippen LogP contribution in [0.3, 0.4) is 0 Å². The SMILES string of the molecule is CC(C)(C)OC(=O)ON1CCCN(c2cnc3[nH]c(C(=O)c4ccnc(-c5cncc6ccccc56)c4)nc3c2)CC1. The van der Waals surface area contributed by atoms with E-state index in [2.05, 4.69) is 29.8 Å². The van der Waals surface area contributed by atoms with Crippen LogP contribution in [0.25, 0.3) is 33.2 Å². The van der Waals surface area contributed by atoms with Crippen molar-refractivity contribution in [3.8, 4) is 11.3 Å². The van der Waals surface area contributed by atoms with Gasteiger partial charge in [-0.2, -0.15) is 0 Å².